The Labute approximate surface area is 161 Å². The van der Waals surface area contributed by atoms with E-state index in [1.807, 2.05) is 77.5 Å². The number of benzene rings is 2. The number of hydrogen-bond donors (Lipinski definition) is 1. The van der Waals surface area contributed by atoms with Gasteiger partial charge in [0, 0.05) is 28.5 Å². The summed E-state index contributed by atoms with van der Waals surface area (Å²) in [6.07, 6.45) is 2.28. The van der Waals surface area contributed by atoms with Gasteiger partial charge < -0.3 is 10.1 Å². The van der Waals surface area contributed by atoms with Crippen molar-refractivity contribution in [1.29, 1.82) is 0 Å². The fourth-order valence-corrected chi connectivity index (χ4v) is 3.75. The first-order valence-electron chi connectivity index (χ1n) is 8.76. The van der Waals surface area contributed by atoms with Gasteiger partial charge in [-0.25, -0.2) is 4.98 Å². The second-order valence-corrected chi connectivity index (χ2v) is 6.89. The van der Waals surface area contributed by atoms with Crippen LogP contribution in [-0.2, 0) is 11.2 Å². The summed E-state index contributed by atoms with van der Waals surface area (Å²) >= 11 is 1.54. The molecular weight excluding hydrogens is 358 g/mol. The number of amides is 1. The number of fused-ring (bicyclic) bond motifs is 1. The molecule has 1 N–H and O–H groups in total. The van der Waals surface area contributed by atoms with E-state index >= 15 is 0 Å². The number of thiazole rings is 1. The molecule has 0 bridgehead atoms. The van der Waals surface area contributed by atoms with Gasteiger partial charge >= 0.3 is 0 Å². The summed E-state index contributed by atoms with van der Waals surface area (Å²) < 4.78 is 7.47. The first kappa shape index (κ1) is 17.3. The predicted octanol–water partition coefficient (Wildman–Crippen LogP) is 4.64. The third kappa shape index (κ3) is 3.85. The zero-order chi connectivity index (χ0) is 18.6. The Morgan fingerprint density at radius 3 is 2.67 bits per heavy atom. The van der Waals surface area contributed by atoms with Gasteiger partial charge in [-0.05, 0) is 43.3 Å². The molecule has 5 nitrogen and oxygen atoms in total. The number of para-hydroxylation sites is 1. The highest BCUT2D eigenvalue weighted by Crippen LogP contribution is 2.25. The largest absolute Gasteiger partial charge is 0.494 e. The number of imidazole rings is 1. The molecule has 136 valence electrons. The SMILES string of the molecule is CCOc1ccc(-c2cn3c(CC(=O)Nc4ccccc4)csc3n2)cc1. The van der Waals surface area contributed by atoms with E-state index in [1.54, 1.807) is 0 Å². The monoisotopic (exact) mass is 377 g/mol. The lowest BCUT2D eigenvalue weighted by molar-refractivity contribution is -0.115. The Morgan fingerprint density at radius 2 is 1.93 bits per heavy atom. The van der Waals surface area contributed by atoms with Crippen LogP contribution in [0.1, 0.15) is 12.6 Å². The van der Waals surface area contributed by atoms with Crippen LogP contribution in [0.25, 0.3) is 16.2 Å². The molecule has 4 rings (SSSR count). The fourth-order valence-electron chi connectivity index (χ4n) is 2.88. The van der Waals surface area contributed by atoms with Crippen LogP contribution in [-0.4, -0.2) is 21.9 Å². The van der Waals surface area contributed by atoms with Crippen molar-refractivity contribution >= 4 is 27.9 Å². The maximum atomic E-state index is 12.3. The molecule has 2 aromatic carbocycles. The molecular formula is C21H19N3O2S. The van der Waals surface area contributed by atoms with E-state index in [0.717, 1.165) is 33.3 Å². The zero-order valence-corrected chi connectivity index (χ0v) is 15.7. The summed E-state index contributed by atoms with van der Waals surface area (Å²) in [5.74, 6) is 0.803. The molecule has 0 atom stereocenters. The van der Waals surface area contributed by atoms with Crippen LogP contribution in [0.5, 0.6) is 5.75 Å². The van der Waals surface area contributed by atoms with Crippen LogP contribution in [0.15, 0.2) is 66.2 Å². The third-order valence-corrected chi connectivity index (χ3v) is 5.03. The highest BCUT2D eigenvalue weighted by Gasteiger charge is 2.13. The molecule has 4 aromatic rings. The van der Waals surface area contributed by atoms with E-state index in [1.165, 1.54) is 11.3 Å². The Hall–Kier alpha value is -3.12. The molecule has 0 radical (unpaired) electrons. The van der Waals surface area contributed by atoms with Crippen LogP contribution in [0.3, 0.4) is 0 Å². The minimum absolute atomic E-state index is 0.0442. The fraction of sp³-hybridized carbons (Fsp3) is 0.143. The molecule has 0 saturated heterocycles. The molecule has 0 aliphatic rings. The second-order valence-electron chi connectivity index (χ2n) is 6.05. The van der Waals surface area contributed by atoms with Gasteiger partial charge in [-0.15, -0.1) is 11.3 Å². The molecule has 1 amide bonds. The summed E-state index contributed by atoms with van der Waals surface area (Å²) in [5.41, 5.74) is 3.63. The van der Waals surface area contributed by atoms with Gasteiger partial charge in [-0.3, -0.25) is 9.20 Å². The number of rotatable bonds is 6. The van der Waals surface area contributed by atoms with Gasteiger partial charge in [0.05, 0.1) is 18.7 Å². The van der Waals surface area contributed by atoms with Crippen molar-refractivity contribution in [1.82, 2.24) is 9.38 Å². The standard InChI is InChI=1S/C21H19N3O2S/c1-2-26-18-10-8-15(9-11-18)19-13-24-17(14-27-21(24)23-19)12-20(25)22-16-6-4-3-5-7-16/h3-11,13-14H,2,12H2,1H3,(H,22,25). The predicted molar refractivity (Wildman–Crippen MR) is 108 cm³/mol. The van der Waals surface area contributed by atoms with Crippen molar-refractivity contribution in [3.05, 3.63) is 71.9 Å². The average Bonchev–Trinajstić information content (AvgIpc) is 3.25. The van der Waals surface area contributed by atoms with Gasteiger partial charge in [0.2, 0.25) is 5.91 Å². The van der Waals surface area contributed by atoms with Crippen molar-refractivity contribution < 1.29 is 9.53 Å². The van der Waals surface area contributed by atoms with Crippen LogP contribution in [0, 0.1) is 0 Å². The third-order valence-electron chi connectivity index (χ3n) is 4.14. The van der Waals surface area contributed by atoms with Gasteiger partial charge in [0.25, 0.3) is 0 Å². The molecule has 0 fully saturated rings. The van der Waals surface area contributed by atoms with Crippen molar-refractivity contribution in [2.45, 2.75) is 13.3 Å². The summed E-state index contributed by atoms with van der Waals surface area (Å²) in [4.78, 5) is 17.9. The van der Waals surface area contributed by atoms with E-state index in [-0.39, 0.29) is 5.91 Å². The average molecular weight is 377 g/mol. The molecule has 0 aliphatic heterocycles. The van der Waals surface area contributed by atoms with Crippen molar-refractivity contribution in [2.24, 2.45) is 0 Å². The van der Waals surface area contributed by atoms with E-state index in [0.29, 0.717) is 13.0 Å². The Kier molecular flexibility index (Phi) is 4.89. The van der Waals surface area contributed by atoms with Crippen LogP contribution in [0.2, 0.25) is 0 Å². The van der Waals surface area contributed by atoms with Gasteiger partial charge in [0.15, 0.2) is 4.96 Å². The Balaban J connectivity index is 1.52. The van der Waals surface area contributed by atoms with E-state index in [4.69, 9.17) is 4.74 Å². The molecule has 27 heavy (non-hydrogen) atoms. The normalized spacial score (nSPS) is 10.9. The van der Waals surface area contributed by atoms with Crippen LogP contribution >= 0.6 is 11.3 Å². The van der Waals surface area contributed by atoms with E-state index in [2.05, 4.69) is 10.3 Å². The van der Waals surface area contributed by atoms with Crippen LogP contribution < -0.4 is 10.1 Å². The topological polar surface area (TPSA) is 55.6 Å². The Morgan fingerprint density at radius 1 is 1.15 bits per heavy atom. The lowest BCUT2D eigenvalue weighted by atomic mass is 10.1. The minimum atomic E-state index is -0.0442. The lowest BCUT2D eigenvalue weighted by Crippen LogP contribution is -2.15. The van der Waals surface area contributed by atoms with Gasteiger partial charge in [0.1, 0.15) is 5.75 Å². The molecule has 0 spiro atoms. The molecule has 2 heterocycles. The number of ether oxygens (including phenoxy) is 1. The first-order chi connectivity index (χ1) is 13.2. The maximum absolute atomic E-state index is 12.3. The number of hydrogen-bond acceptors (Lipinski definition) is 4. The second kappa shape index (κ2) is 7.63. The molecule has 2 aromatic heterocycles. The number of anilines is 1. The maximum Gasteiger partial charge on any atom is 0.230 e. The molecule has 0 saturated carbocycles. The summed E-state index contributed by atoms with van der Waals surface area (Å²) in [7, 11) is 0. The summed E-state index contributed by atoms with van der Waals surface area (Å²) in [6.45, 7) is 2.61. The quantitative estimate of drug-likeness (QED) is 0.532. The van der Waals surface area contributed by atoms with Crippen molar-refractivity contribution in [3.63, 3.8) is 0 Å². The van der Waals surface area contributed by atoms with Gasteiger partial charge in [-0.2, -0.15) is 0 Å². The van der Waals surface area contributed by atoms with Crippen LogP contribution in [0.4, 0.5) is 5.69 Å². The van der Waals surface area contributed by atoms with E-state index in [9.17, 15) is 4.79 Å². The zero-order valence-electron chi connectivity index (χ0n) is 14.9. The highest BCUT2D eigenvalue weighted by atomic mass is 32.1. The minimum Gasteiger partial charge on any atom is -0.494 e. The molecule has 0 aliphatic carbocycles. The number of nitrogens with one attached hydrogen (secondary N) is 1. The number of aromatic nitrogens is 2. The molecule has 6 heteroatoms. The molecule has 0 unspecified atom stereocenters. The van der Waals surface area contributed by atoms with Crippen molar-refractivity contribution in [2.75, 3.05) is 11.9 Å². The number of nitrogens with zero attached hydrogens (tertiary/aromatic N) is 2. The number of carbonyl (C=O) groups is 1. The summed E-state index contributed by atoms with van der Waals surface area (Å²) in [5, 5.41) is 4.90. The lowest BCUT2D eigenvalue weighted by Gasteiger charge is -2.04. The van der Waals surface area contributed by atoms with Crippen molar-refractivity contribution in [3.8, 4) is 17.0 Å². The Bertz CT molecular complexity index is 1050. The number of carbonyl (C=O) groups excluding carboxylic acids is 1. The first-order valence-corrected chi connectivity index (χ1v) is 9.64. The smallest absolute Gasteiger partial charge is 0.230 e. The van der Waals surface area contributed by atoms with Gasteiger partial charge in [-0.1, -0.05) is 18.2 Å². The summed E-state index contributed by atoms with van der Waals surface area (Å²) in [6, 6.07) is 17.4. The van der Waals surface area contributed by atoms with E-state index < -0.39 is 0 Å². The highest BCUT2D eigenvalue weighted by molar-refractivity contribution is 7.15.